The summed E-state index contributed by atoms with van der Waals surface area (Å²) in [5, 5.41) is 3.58. The molecule has 1 saturated heterocycles. The van der Waals surface area contributed by atoms with Crippen LogP contribution in [0.2, 0.25) is 5.02 Å². The van der Waals surface area contributed by atoms with Crippen molar-refractivity contribution in [1.29, 1.82) is 0 Å². The Morgan fingerprint density at radius 3 is 2.45 bits per heavy atom. The maximum Gasteiger partial charge on any atom is 0.241 e. The maximum absolute atomic E-state index is 12.4. The Morgan fingerprint density at radius 2 is 1.86 bits per heavy atom. The molecule has 0 saturated carbocycles. The Balaban J connectivity index is 1.95. The highest BCUT2D eigenvalue weighted by atomic mass is 35.5. The number of hydrogen-bond donors (Lipinski definition) is 1. The highest BCUT2D eigenvalue weighted by Crippen LogP contribution is 2.23. The lowest BCUT2D eigenvalue weighted by molar-refractivity contribution is -0.131. The molecular weight excluding hydrogens is 302 g/mol. The summed E-state index contributed by atoms with van der Waals surface area (Å²) in [5.41, 5.74) is 1.61. The predicted octanol–water partition coefficient (Wildman–Crippen LogP) is 2.14. The van der Waals surface area contributed by atoms with E-state index in [2.05, 4.69) is 10.2 Å². The van der Waals surface area contributed by atoms with E-state index in [1.54, 1.807) is 13.0 Å². The highest BCUT2D eigenvalue weighted by Gasteiger charge is 2.26. The fourth-order valence-corrected chi connectivity index (χ4v) is 2.74. The molecule has 0 aromatic heterocycles. The van der Waals surface area contributed by atoms with Crippen molar-refractivity contribution in [2.24, 2.45) is 0 Å². The smallest absolute Gasteiger partial charge is 0.241 e. The molecule has 1 heterocycles. The van der Waals surface area contributed by atoms with E-state index in [4.69, 9.17) is 11.6 Å². The van der Waals surface area contributed by atoms with Crippen molar-refractivity contribution in [3.8, 4) is 0 Å². The van der Waals surface area contributed by atoms with Crippen LogP contribution in [0.5, 0.6) is 0 Å². The summed E-state index contributed by atoms with van der Waals surface area (Å²) in [6.07, 6.45) is 0. The standard InChI is InChI=1S/C16H22ClN3O2/c1-11-14(17)5-4-6-15(11)18-16(22)12(2)19-7-9-20(10-8-19)13(3)21/h4-6,12H,7-10H2,1-3H3,(H,18,22). The summed E-state index contributed by atoms with van der Waals surface area (Å²) >= 11 is 6.07. The fourth-order valence-electron chi connectivity index (χ4n) is 2.57. The zero-order valence-electron chi connectivity index (χ0n) is 13.2. The average Bonchev–Trinajstić information content (AvgIpc) is 2.51. The number of benzene rings is 1. The second-order valence-corrected chi connectivity index (χ2v) is 6.03. The van der Waals surface area contributed by atoms with Gasteiger partial charge in [0.25, 0.3) is 0 Å². The SMILES string of the molecule is CC(=O)N1CCN(C(C)C(=O)Nc2cccc(Cl)c2C)CC1. The Morgan fingerprint density at radius 1 is 1.23 bits per heavy atom. The van der Waals surface area contributed by atoms with E-state index in [0.717, 1.165) is 11.3 Å². The van der Waals surface area contributed by atoms with E-state index in [9.17, 15) is 9.59 Å². The van der Waals surface area contributed by atoms with Gasteiger partial charge in [-0.3, -0.25) is 14.5 Å². The molecule has 120 valence electrons. The average molecular weight is 324 g/mol. The van der Waals surface area contributed by atoms with Crippen molar-refractivity contribution in [1.82, 2.24) is 9.80 Å². The van der Waals surface area contributed by atoms with Gasteiger partial charge in [-0.15, -0.1) is 0 Å². The molecule has 0 bridgehead atoms. The first kappa shape index (κ1) is 16.8. The van der Waals surface area contributed by atoms with Gasteiger partial charge < -0.3 is 10.2 Å². The largest absolute Gasteiger partial charge is 0.340 e. The molecule has 5 nitrogen and oxygen atoms in total. The van der Waals surface area contributed by atoms with Gasteiger partial charge in [0, 0.05) is 43.8 Å². The molecule has 2 amide bonds. The number of carbonyl (C=O) groups excluding carboxylic acids is 2. The number of hydrogen-bond acceptors (Lipinski definition) is 3. The van der Waals surface area contributed by atoms with Crippen LogP contribution in [0.4, 0.5) is 5.69 Å². The third-order valence-corrected chi connectivity index (χ3v) is 4.62. The van der Waals surface area contributed by atoms with Crippen LogP contribution in [0.15, 0.2) is 18.2 Å². The first-order chi connectivity index (χ1) is 10.4. The molecule has 22 heavy (non-hydrogen) atoms. The third kappa shape index (κ3) is 3.78. The van der Waals surface area contributed by atoms with Crippen LogP contribution >= 0.6 is 11.6 Å². The molecule has 0 radical (unpaired) electrons. The van der Waals surface area contributed by atoms with Gasteiger partial charge in [0.2, 0.25) is 11.8 Å². The molecule has 1 atom stereocenters. The Labute approximate surface area is 136 Å². The normalized spacial score (nSPS) is 17.2. The van der Waals surface area contributed by atoms with E-state index in [-0.39, 0.29) is 17.9 Å². The number of nitrogens with one attached hydrogen (secondary N) is 1. The van der Waals surface area contributed by atoms with Gasteiger partial charge in [0.05, 0.1) is 6.04 Å². The summed E-state index contributed by atoms with van der Waals surface area (Å²) < 4.78 is 0. The summed E-state index contributed by atoms with van der Waals surface area (Å²) in [6.45, 7) is 8.11. The van der Waals surface area contributed by atoms with Crippen molar-refractivity contribution in [3.05, 3.63) is 28.8 Å². The summed E-state index contributed by atoms with van der Waals surface area (Å²) in [7, 11) is 0. The number of nitrogens with zero attached hydrogens (tertiary/aromatic N) is 2. The number of halogens is 1. The van der Waals surface area contributed by atoms with Crippen LogP contribution in [0.3, 0.4) is 0 Å². The van der Waals surface area contributed by atoms with Crippen LogP contribution in [0, 0.1) is 6.92 Å². The molecule has 1 fully saturated rings. The van der Waals surface area contributed by atoms with Crippen molar-refractivity contribution in [2.75, 3.05) is 31.5 Å². The lowest BCUT2D eigenvalue weighted by Crippen LogP contribution is -2.53. The zero-order valence-corrected chi connectivity index (χ0v) is 14.0. The van der Waals surface area contributed by atoms with Gasteiger partial charge in [-0.2, -0.15) is 0 Å². The van der Waals surface area contributed by atoms with Crippen LogP contribution in [-0.2, 0) is 9.59 Å². The Kier molecular flexibility index (Phi) is 5.42. The summed E-state index contributed by atoms with van der Waals surface area (Å²) in [6, 6.07) is 5.23. The van der Waals surface area contributed by atoms with E-state index < -0.39 is 0 Å². The van der Waals surface area contributed by atoms with Gasteiger partial charge >= 0.3 is 0 Å². The second-order valence-electron chi connectivity index (χ2n) is 5.62. The van der Waals surface area contributed by atoms with E-state index in [1.807, 2.05) is 30.9 Å². The van der Waals surface area contributed by atoms with E-state index in [0.29, 0.717) is 31.2 Å². The van der Waals surface area contributed by atoms with Gasteiger partial charge in [-0.1, -0.05) is 17.7 Å². The van der Waals surface area contributed by atoms with Crippen molar-refractivity contribution in [2.45, 2.75) is 26.8 Å². The number of carbonyl (C=O) groups is 2. The topological polar surface area (TPSA) is 52.7 Å². The first-order valence-corrected chi connectivity index (χ1v) is 7.83. The van der Waals surface area contributed by atoms with Crippen LogP contribution in [-0.4, -0.2) is 53.8 Å². The van der Waals surface area contributed by atoms with E-state index >= 15 is 0 Å². The maximum atomic E-state index is 12.4. The minimum absolute atomic E-state index is 0.0540. The second kappa shape index (κ2) is 7.11. The molecule has 1 N–H and O–H groups in total. The van der Waals surface area contributed by atoms with Gasteiger partial charge in [0.1, 0.15) is 0 Å². The predicted molar refractivity (Wildman–Crippen MR) is 88.1 cm³/mol. The molecule has 0 aliphatic carbocycles. The minimum Gasteiger partial charge on any atom is -0.340 e. The third-order valence-electron chi connectivity index (χ3n) is 4.21. The number of amides is 2. The van der Waals surface area contributed by atoms with Crippen molar-refractivity contribution >= 4 is 29.1 Å². The summed E-state index contributed by atoms with van der Waals surface area (Å²) in [5.74, 6) is 0.0351. The lowest BCUT2D eigenvalue weighted by Gasteiger charge is -2.37. The first-order valence-electron chi connectivity index (χ1n) is 7.45. The zero-order chi connectivity index (χ0) is 16.3. The monoisotopic (exact) mass is 323 g/mol. The molecule has 6 heteroatoms. The Hall–Kier alpha value is -1.59. The van der Waals surface area contributed by atoms with Crippen LogP contribution in [0.1, 0.15) is 19.4 Å². The minimum atomic E-state index is -0.243. The molecule has 1 aromatic rings. The molecule has 1 aliphatic rings. The molecule has 1 unspecified atom stereocenters. The number of anilines is 1. The number of piperazine rings is 1. The number of rotatable bonds is 3. The van der Waals surface area contributed by atoms with Gasteiger partial charge in [-0.05, 0) is 31.5 Å². The van der Waals surface area contributed by atoms with Crippen molar-refractivity contribution < 1.29 is 9.59 Å². The van der Waals surface area contributed by atoms with Crippen molar-refractivity contribution in [3.63, 3.8) is 0 Å². The Bertz CT molecular complexity index is 569. The van der Waals surface area contributed by atoms with Crippen LogP contribution in [0.25, 0.3) is 0 Å². The van der Waals surface area contributed by atoms with Gasteiger partial charge in [-0.25, -0.2) is 0 Å². The highest BCUT2D eigenvalue weighted by molar-refractivity contribution is 6.31. The lowest BCUT2D eigenvalue weighted by atomic mass is 10.1. The quantitative estimate of drug-likeness (QED) is 0.927. The molecule has 0 spiro atoms. The summed E-state index contributed by atoms with van der Waals surface area (Å²) in [4.78, 5) is 27.6. The molecule has 2 rings (SSSR count). The van der Waals surface area contributed by atoms with E-state index in [1.165, 1.54) is 0 Å². The fraction of sp³-hybridized carbons (Fsp3) is 0.500. The molecular formula is C16H22ClN3O2. The van der Waals surface area contributed by atoms with Crippen LogP contribution < -0.4 is 5.32 Å². The molecule has 1 aromatic carbocycles. The molecule has 1 aliphatic heterocycles. The van der Waals surface area contributed by atoms with Gasteiger partial charge in [0.15, 0.2) is 0 Å².